The third kappa shape index (κ3) is 4.68. The Hall–Kier alpha value is -5.12. The molecule has 2 nitrogen and oxygen atoms in total. The molecule has 0 unspecified atom stereocenters. The smallest absolute Gasteiger partial charge is 0.136 e. The summed E-state index contributed by atoms with van der Waals surface area (Å²) in [6, 6.07) is 55.8. The van der Waals surface area contributed by atoms with Crippen LogP contribution in [-0.2, 0) is 0 Å². The van der Waals surface area contributed by atoms with E-state index in [1.165, 1.54) is 33.0 Å². The van der Waals surface area contributed by atoms with Crippen molar-refractivity contribution in [3.8, 4) is 22.3 Å². The summed E-state index contributed by atoms with van der Waals surface area (Å²) in [5, 5.41) is 4.69. The minimum absolute atomic E-state index is 0.893. The molecule has 0 spiro atoms. The Labute approximate surface area is 258 Å². The zero-order valence-corrected chi connectivity index (χ0v) is 24.8. The SMILES string of the molecule is Brc1ccc(-c2cccc(-c3ccc(N(c4ccccc4)c4ccc5oc6ccc7ccccc7c6c5c4)cc3)c2)cc1. The quantitative estimate of drug-likeness (QED) is 0.191. The molecular weight excluding hydrogens is 590 g/mol. The standard InChI is InChI=1S/C40H26BrNO/c41-32-18-13-27(14-19-32)30-8-6-9-31(25-30)28-15-20-34(21-16-28)42(33-10-2-1-3-11-33)35-22-24-38-37(26-35)40-36-12-5-4-7-29(36)17-23-39(40)43-38/h1-26H. The van der Waals surface area contributed by atoms with E-state index in [9.17, 15) is 0 Å². The van der Waals surface area contributed by atoms with Gasteiger partial charge in [-0.15, -0.1) is 0 Å². The Morgan fingerprint density at radius 3 is 1.81 bits per heavy atom. The Balaban J connectivity index is 1.22. The maximum atomic E-state index is 6.30. The lowest BCUT2D eigenvalue weighted by molar-refractivity contribution is 0.669. The van der Waals surface area contributed by atoms with Crippen LogP contribution in [0.4, 0.5) is 17.1 Å². The number of fused-ring (bicyclic) bond motifs is 5. The fraction of sp³-hybridized carbons (Fsp3) is 0. The third-order valence-corrected chi connectivity index (χ3v) is 8.64. The summed E-state index contributed by atoms with van der Waals surface area (Å²) >= 11 is 3.54. The second-order valence-corrected chi connectivity index (χ2v) is 11.7. The molecule has 204 valence electrons. The fourth-order valence-electron chi connectivity index (χ4n) is 6.02. The maximum Gasteiger partial charge on any atom is 0.136 e. The van der Waals surface area contributed by atoms with Gasteiger partial charge in [-0.1, -0.05) is 107 Å². The molecule has 1 aromatic heterocycles. The molecule has 43 heavy (non-hydrogen) atoms. The van der Waals surface area contributed by atoms with Gasteiger partial charge in [0.25, 0.3) is 0 Å². The molecule has 8 rings (SSSR count). The van der Waals surface area contributed by atoms with E-state index in [1.807, 2.05) is 0 Å². The fourth-order valence-corrected chi connectivity index (χ4v) is 6.29. The van der Waals surface area contributed by atoms with E-state index in [2.05, 4.69) is 179 Å². The number of nitrogens with zero attached hydrogens (tertiary/aromatic N) is 1. The van der Waals surface area contributed by atoms with Crippen molar-refractivity contribution in [2.24, 2.45) is 0 Å². The van der Waals surface area contributed by atoms with E-state index in [0.717, 1.165) is 43.5 Å². The largest absolute Gasteiger partial charge is 0.456 e. The lowest BCUT2D eigenvalue weighted by Crippen LogP contribution is -2.09. The minimum Gasteiger partial charge on any atom is -0.456 e. The molecule has 0 bridgehead atoms. The van der Waals surface area contributed by atoms with Crippen LogP contribution in [0.3, 0.4) is 0 Å². The lowest BCUT2D eigenvalue weighted by atomic mass is 9.99. The number of rotatable bonds is 5. The van der Waals surface area contributed by atoms with Gasteiger partial charge in [0, 0.05) is 32.3 Å². The van der Waals surface area contributed by atoms with Crippen molar-refractivity contribution >= 4 is 65.7 Å². The van der Waals surface area contributed by atoms with Crippen LogP contribution in [0.15, 0.2) is 167 Å². The average Bonchev–Trinajstić information content (AvgIpc) is 3.45. The summed E-state index contributed by atoms with van der Waals surface area (Å²) in [5.41, 5.74) is 9.85. The minimum atomic E-state index is 0.893. The summed E-state index contributed by atoms with van der Waals surface area (Å²) in [5.74, 6) is 0. The van der Waals surface area contributed by atoms with Gasteiger partial charge in [-0.25, -0.2) is 0 Å². The van der Waals surface area contributed by atoms with Crippen LogP contribution in [0.5, 0.6) is 0 Å². The molecule has 0 N–H and O–H groups in total. The first-order chi connectivity index (χ1) is 21.2. The molecular formula is C40H26BrNO. The van der Waals surface area contributed by atoms with Crippen LogP contribution in [-0.4, -0.2) is 0 Å². The van der Waals surface area contributed by atoms with E-state index >= 15 is 0 Å². The van der Waals surface area contributed by atoms with Crippen molar-refractivity contribution in [3.05, 3.63) is 162 Å². The zero-order chi connectivity index (χ0) is 28.8. The summed E-state index contributed by atoms with van der Waals surface area (Å²) in [4.78, 5) is 2.31. The topological polar surface area (TPSA) is 16.4 Å². The molecule has 0 saturated heterocycles. The second kappa shape index (κ2) is 10.6. The molecule has 0 fully saturated rings. The normalized spacial score (nSPS) is 11.4. The van der Waals surface area contributed by atoms with Gasteiger partial charge in [0.05, 0.1) is 0 Å². The average molecular weight is 617 g/mol. The predicted molar refractivity (Wildman–Crippen MR) is 184 cm³/mol. The van der Waals surface area contributed by atoms with Gasteiger partial charge in [-0.05, 0) is 99.8 Å². The molecule has 0 aliphatic rings. The van der Waals surface area contributed by atoms with Crippen LogP contribution in [0.2, 0.25) is 0 Å². The molecule has 0 saturated carbocycles. The zero-order valence-electron chi connectivity index (χ0n) is 23.2. The van der Waals surface area contributed by atoms with Crippen molar-refractivity contribution in [3.63, 3.8) is 0 Å². The van der Waals surface area contributed by atoms with E-state index in [-0.39, 0.29) is 0 Å². The Morgan fingerprint density at radius 1 is 0.419 bits per heavy atom. The van der Waals surface area contributed by atoms with Crippen molar-refractivity contribution in [1.82, 2.24) is 0 Å². The molecule has 0 atom stereocenters. The lowest BCUT2D eigenvalue weighted by Gasteiger charge is -2.25. The van der Waals surface area contributed by atoms with Gasteiger partial charge in [-0.2, -0.15) is 0 Å². The number of anilines is 3. The van der Waals surface area contributed by atoms with E-state index in [4.69, 9.17) is 4.42 Å². The molecule has 0 aliphatic heterocycles. The molecule has 8 aromatic rings. The Bertz CT molecular complexity index is 2230. The number of benzene rings is 7. The Morgan fingerprint density at radius 2 is 1.05 bits per heavy atom. The van der Waals surface area contributed by atoms with Crippen LogP contribution in [0.1, 0.15) is 0 Å². The number of halogens is 1. The highest BCUT2D eigenvalue weighted by molar-refractivity contribution is 9.10. The van der Waals surface area contributed by atoms with Crippen LogP contribution in [0, 0.1) is 0 Å². The van der Waals surface area contributed by atoms with Gasteiger partial charge in [-0.3, -0.25) is 0 Å². The van der Waals surface area contributed by atoms with E-state index < -0.39 is 0 Å². The first kappa shape index (κ1) is 25.6. The van der Waals surface area contributed by atoms with Crippen LogP contribution < -0.4 is 4.90 Å². The monoisotopic (exact) mass is 615 g/mol. The van der Waals surface area contributed by atoms with Crippen LogP contribution >= 0.6 is 15.9 Å². The molecule has 1 heterocycles. The van der Waals surface area contributed by atoms with Gasteiger partial charge in [0.15, 0.2) is 0 Å². The van der Waals surface area contributed by atoms with E-state index in [0.29, 0.717) is 0 Å². The molecule has 0 radical (unpaired) electrons. The third-order valence-electron chi connectivity index (χ3n) is 8.11. The predicted octanol–water partition coefficient (Wildman–Crippen LogP) is 12.3. The molecule has 7 aromatic carbocycles. The number of para-hydroxylation sites is 1. The summed E-state index contributed by atoms with van der Waals surface area (Å²) < 4.78 is 7.38. The highest BCUT2D eigenvalue weighted by Gasteiger charge is 2.16. The Kier molecular flexibility index (Phi) is 6.31. The summed E-state index contributed by atoms with van der Waals surface area (Å²) in [6.45, 7) is 0. The van der Waals surface area contributed by atoms with Crippen molar-refractivity contribution in [2.75, 3.05) is 4.90 Å². The van der Waals surface area contributed by atoms with Crippen LogP contribution in [0.25, 0.3) is 55.0 Å². The maximum absolute atomic E-state index is 6.30. The number of hydrogen-bond donors (Lipinski definition) is 0. The van der Waals surface area contributed by atoms with Gasteiger partial charge < -0.3 is 9.32 Å². The number of hydrogen-bond acceptors (Lipinski definition) is 2. The second-order valence-electron chi connectivity index (χ2n) is 10.7. The highest BCUT2D eigenvalue weighted by atomic mass is 79.9. The highest BCUT2D eigenvalue weighted by Crippen LogP contribution is 2.41. The first-order valence-corrected chi connectivity index (χ1v) is 15.2. The molecule has 0 amide bonds. The van der Waals surface area contributed by atoms with Crippen molar-refractivity contribution in [2.45, 2.75) is 0 Å². The summed E-state index contributed by atoms with van der Waals surface area (Å²) in [6.07, 6.45) is 0. The van der Waals surface area contributed by atoms with Gasteiger partial charge >= 0.3 is 0 Å². The number of furan rings is 1. The molecule has 3 heteroatoms. The van der Waals surface area contributed by atoms with Crippen molar-refractivity contribution in [1.29, 1.82) is 0 Å². The first-order valence-electron chi connectivity index (χ1n) is 14.4. The van der Waals surface area contributed by atoms with Gasteiger partial charge in [0.1, 0.15) is 11.2 Å². The van der Waals surface area contributed by atoms with Crippen molar-refractivity contribution < 1.29 is 4.42 Å². The van der Waals surface area contributed by atoms with Gasteiger partial charge in [0.2, 0.25) is 0 Å². The summed E-state index contributed by atoms with van der Waals surface area (Å²) in [7, 11) is 0. The molecule has 0 aliphatic carbocycles. The van der Waals surface area contributed by atoms with E-state index in [1.54, 1.807) is 0 Å².